The number of carbonyl (C=O) groups is 1. The van der Waals surface area contributed by atoms with Crippen LogP contribution in [0.5, 0.6) is 0 Å². The highest BCUT2D eigenvalue weighted by Crippen LogP contribution is 2.41. The molecule has 0 unspecified atom stereocenters. The highest BCUT2D eigenvalue weighted by molar-refractivity contribution is 6.30. The van der Waals surface area contributed by atoms with E-state index in [4.69, 9.17) is 11.6 Å². The molecular formula is C20H22ClN5O2. The first-order valence-electron chi connectivity index (χ1n) is 9.60. The largest absolute Gasteiger partial charge is 0.391 e. The maximum atomic E-state index is 13.3. The highest BCUT2D eigenvalue weighted by Gasteiger charge is 2.44. The first-order valence-corrected chi connectivity index (χ1v) is 9.98. The first kappa shape index (κ1) is 17.7. The number of aromatic nitrogens is 4. The number of hydrogen-bond acceptors (Lipinski definition) is 4. The fourth-order valence-corrected chi connectivity index (χ4v) is 5.06. The van der Waals surface area contributed by atoms with E-state index in [0.717, 1.165) is 12.1 Å². The fraction of sp³-hybridized carbons (Fsp3) is 0.450. The van der Waals surface area contributed by atoms with Crippen molar-refractivity contribution in [1.29, 1.82) is 0 Å². The SMILES string of the molecule is Cc1nc2ccc(Cl)cn2c1C(=O)N1C[C@H]2C[C@@H](n3ccnc3)[C@H](O)C[C@H]2C1. The van der Waals surface area contributed by atoms with Gasteiger partial charge in [0, 0.05) is 31.7 Å². The Labute approximate surface area is 167 Å². The lowest BCUT2D eigenvalue weighted by Gasteiger charge is -2.35. The van der Waals surface area contributed by atoms with Gasteiger partial charge < -0.3 is 14.6 Å². The van der Waals surface area contributed by atoms with Gasteiger partial charge in [-0.05, 0) is 43.7 Å². The number of hydrogen-bond donors (Lipinski definition) is 1. The predicted molar refractivity (Wildman–Crippen MR) is 104 cm³/mol. The lowest BCUT2D eigenvalue weighted by atomic mass is 9.77. The number of likely N-dealkylation sites (tertiary alicyclic amines) is 1. The summed E-state index contributed by atoms with van der Waals surface area (Å²) in [6.07, 6.45) is 8.28. The van der Waals surface area contributed by atoms with Crippen LogP contribution in [0.3, 0.4) is 0 Å². The number of rotatable bonds is 2. The lowest BCUT2D eigenvalue weighted by Crippen LogP contribution is -2.35. The zero-order valence-corrected chi connectivity index (χ0v) is 16.3. The van der Waals surface area contributed by atoms with E-state index in [0.29, 0.717) is 47.8 Å². The van der Waals surface area contributed by atoms with Crippen molar-refractivity contribution in [2.45, 2.75) is 31.9 Å². The molecule has 0 radical (unpaired) electrons. The minimum absolute atomic E-state index is 0.0182. The third-order valence-corrected chi connectivity index (χ3v) is 6.49. The summed E-state index contributed by atoms with van der Waals surface area (Å²) in [5.74, 6) is 0.681. The van der Waals surface area contributed by atoms with E-state index in [1.165, 1.54) is 0 Å². The van der Waals surface area contributed by atoms with Crippen LogP contribution < -0.4 is 0 Å². The Hall–Kier alpha value is -2.38. The van der Waals surface area contributed by atoms with Crippen molar-refractivity contribution < 1.29 is 9.90 Å². The van der Waals surface area contributed by atoms with E-state index in [-0.39, 0.29) is 11.9 Å². The number of nitrogens with zero attached hydrogens (tertiary/aromatic N) is 5. The summed E-state index contributed by atoms with van der Waals surface area (Å²) in [6.45, 7) is 3.23. The molecule has 28 heavy (non-hydrogen) atoms. The number of halogens is 1. The van der Waals surface area contributed by atoms with E-state index >= 15 is 0 Å². The van der Waals surface area contributed by atoms with Gasteiger partial charge in [0.25, 0.3) is 5.91 Å². The first-order chi connectivity index (χ1) is 13.5. The summed E-state index contributed by atoms with van der Waals surface area (Å²) in [7, 11) is 0. The molecule has 7 nitrogen and oxygen atoms in total. The summed E-state index contributed by atoms with van der Waals surface area (Å²) >= 11 is 6.14. The number of fused-ring (bicyclic) bond motifs is 2. The van der Waals surface area contributed by atoms with Crippen molar-refractivity contribution in [2.24, 2.45) is 11.8 Å². The standard InChI is InChI=1S/C20H22ClN5O2/c1-12-19(26-10-15(21)2-3-18(26)23-12)20(28)25-8-13-6-16(24-5-4-22-11-24)17(27)7-14(13)9-25/h2-5,10-11,13-14,16-17,27H,6-9H2,1H3/t13-,14+,16-,17-/m1/s1. The maximum Gasteiger partial charge on any atom is 0.272 e. The lowest BCUT2D eigenvalue weighted by molar-refractivity contribution is 0.0357. The molecule has 4 heterocycles. The van der Waals surface area contributed by atoms with Gasteiger partial charge in [0.15, 0.2) is 0 Å². The van der Waals surface area contributed by atoms with Gasteiger partial charge in [-0.15, -0.1) is 0 Å². The van der Waals surface area contributed by atoms with Crippen LogP contribution >= 0.6 is 11.6 Å². The van der Waals surface area contributed by atoms with E-state index in [2.05, 4.69) is 9.97 Å². The average molecular weight is 400 g/mol. The molecule has 1 aliphatic heterocycles. The van der Waals surface area contributed by atoms with E-state index in [1.807, 2.05) is 28.7 Å². The second-order valence-electron chi connectivity index (χ2n) is 7.97. The van der Waals surface area contributed by atoms with Crippen molar-refractivity contribution in [2.75, 3.05) is 13.1 Å². The minimum Gasteiger partial charge on any atom is -0.391 e. The van der Waals surface area contributed by atoms with Crippen LogP contribution in [-0.2, 0) is 0 Å². The predicted octanol–water partition coefficient (Wildman–Crippen LogP) is 2.58. The van der Waals surface area contributed by atoms with Gasteiger partial charge in [-0.25, -0.2) is 9.97 Å². The number of aliphatic hydroxyl groups is 1. The normalized spacial score (nSPS) is 27.3. The molecular weight excluding hydrogens is 378 g/mol. The van der Waals surface area contributed by atoms with E-state index in [1.54, 1.807) is 29.2 Å². The van der Waals surface area contributed by atoms with Crippen LogP contribution in [-0.4, -0.2) is 54.0 Å². The molecule has 1 N–H and O–H groups in total. The molecule has 2 aliphatic rings. The second-order valence-corrected chi connectivity index (χ2v) is 8.40. The zero-order chi connectivity index (χ0) is 19.4. The topological polar surface area (TPSA) is 75.7 Å². The number of amides is 1. The zero-order valence-electron chi connectivity index (χ0n) is 15.6. The Morgan fingerprint density at radius 3 is 2.79 bits per heavy atom. The molecule has 1 saturated carbocycles. The van der Waals surface area contributed by atoms with Crippen LogP contribution in [0.4, 0.5) is 0 Å². The Balaban J connectivity index is 1.40. The number of aliphatic hydroxyl groups excluding tert-OH is 1. The molecule has 1 amide bonds. The fourth-order valence-electron chi connectivity index (χ4n) is 4.90. The molecule has 0 spiro atoms. The number of pyridine rings is 1. The van der Waals surface area contributed by atoms with E-state index in [9.17, 15) is 9.90 Å². The summed E-state index contributed by atoms with van der Waals surface area (Å²) in [5.41, 5.74) is 2.00. The van der Waals surface area contributed by atoms with Crippen molar-refractivity contribution in [1.82, 2.24) is 23.8 Å². The second kappa shape index (κ2) is 6.60. The quantitative estimate of drug-likeness (QED) is 0.718. The molecule has 4 atom stereocenters. The third-order valence-electron chi connectivity index (χ3n) is 6.26. The van der Waals surface area contributed by atoms with Gasteiger partial charge in [0.05, 0.1) is 29.2 Å². The summed E-state index contributed by atoms with van der Waals surface area (Å²) in [5, 5.41) is 11.2. The van der Waals surface area contributed by atoms with Crippen molar-refractivity contribution in [3.8, 4) is 0 Å². The molecule has 1 aliphatic carbocycles. The molecule has 3 aromatic rings. The van der Waals surface area contributed by atoms with Gasteiger partial charge in [-0.3, -0.25) is 9.20 Å². The average Bonchev–Trinajstić information content (AvgIpc) is 3.37. The Morgan fingerprint density at radius 1 is 1.25 bits per heavy atom. The van der Waals surface area contributed by atoms with Crippen molar-refractivity contribution >= 4 is 23.2 Å². The van der Waals surface area contributed by atoms with Gasteiger partial charge in [-0.1, -0.05) is 11.6 Å². The molecule has 146 valence electrons. The summed E-state index contributed by atoms with van der Waals surface area (Å²) in [4.78, 5) is 23.9. The van der Waals surface area contributed by atoms with Crippen LogP contribution in [0.25, 0.3) is 5.65 Å². The molecule has 3 aromatic heterocycles. The maximum absolute atomic E-state index is 13.3. The monoisotopic (exact) mass is 399 g/mol. The highest BCUT2D eigenvalue weighted by atomic mass is 35.5. The van der Waals surface area contributed by atoms with Gasteiger partial charge in [-0.2, -0.15) is 0 Å². The molecule has 0 aromatic carbocycles. The Bertz CT molecular complexity index is 1030. The van der Waals surface area contributed by atoms with Crippen molar-refractivity contribution in [3.63, 3.8) is 0 Å². The number of carbonyl (C=O) groups excluding carboxylic acids is 1. The van der Waals surface area contributed by atoms with Gasteiger partial charge >= 0.3 is 0 Å². The Kier molecular flexibility index (Phi) is 4.17. The van der Waals surface area contributed by atoms with Crippen LogP contribution in [0.15, 0.2) is 37.1 Å². The minimum atomic E-state index is -0.415. The molecule has 1 saturated heterocycles. The Morgan fingerprint density at radius 2 is 2.04 bits per heavy atom. The van der Waals surface area contributed by atoms with Crippen LogP contribution in [0.2, 0.25) is 5.02 Å². The van der Waals surface area contributed by atoms with Crippen molar-refractivity contribution in [3.05, 3.63) is 53.5 Å². The molecule has 5 rings (SSSR count). The van der Waals surface area contributed by atoms with Gasteiger partial charge in [0.2, 0.25) is 0 Å². The van der Waals surface area contributed by atoms with Gasteiger partial charge in [0.1, 0.15) is 11.3 Å². The molecule has 0 bridgehead atoms. The number of imidazole rings is 2. The third kappa shape index (κ3) is 2.81. The molecule has 8 heteroatoms. The van der Waals surface area contributed by atoms with E-state index < -0.39 is 6.10 Å². The molecule has 2 fully saturated rings. The number of aryl methyl sites for hydroxylation is 1. The van der Waals surface area contributed by atoms with Crippen LogP contribution in [0, 0.1) is 18.8 Å². The van der Waals surface area contributed by atoms with Crippen LogP contribution in [0.1, 0.15) is 35.1 Å². The summed E-state index contributed by atoms with van der Waals surface area (Å²) in [6, 6.07) is 3.62. The smallest absolute Gasteiger partial charge is 0.272 e. The summed E-state index contributed by atoms with van der Waals surface area (Å²) < 4.78 is 3.77.